The lowest BCUT2D eigenvalue weighted by atomic mass is 9.49. The Labute approximate surface area is 370 Å². The van der Waals surface area contributed by atoms with Crippen molar-refractivity contribution in [3.63, 3.8) is 0 Å². The summed E-state index contributed by atoms with van der Waals surface area (Å²) in [5, 5.41) is 10.3. The topological polar surface area (TPSA) is 98.5 Å². The van der Waals surface area contributed by atoms with Crippen LogP contribution >= 0.6 is 31.9 Å². The average Bonchev–Trinajstić information content (AvgIpc) is 3.90. The zero-order valence-corrected chi connectivity index (χ0v) is 39.7. The fourth-order valence-corrected chi connectivity index (χ4v) is 7.68. The van der Waals surface area contributed by atoms with Crippen molar-refractivity contribution in [1.29, 1.82) is 0 Å². The third-order valence-electron chi connectivity index (χ3n) is 12.4. The van der Waals surface area contributed by atoms with Crippen LogP contribution in [0.2, 0.25) is 0 Å². The van der Waals surface area contributed by atoms with Gasteiger partial charge >= 0.3 is 21.1 Å². The van der Waals surface area contributed by atoms with E-state index in [1.54, 1.807) is 19.1 Å². The van der Waals surface area contributed by atoms with Gasteiger partial charge in [0.05, 0.1) is 44.6 Å². The first-order valence-electron chi connectivity index (χ1n) is 19.8. The van der Waals surface area contributed by atoms with Crippen molar-refractivity contribution in [3.8, 4) is 0 Å². The van der Waals surface area contributed by atoms with E-state index in [-0.39, 0.29) is 39.7 Å². The monoisotopic (exact) mass is 959 g/mol. The number of benzene rings is 3. The molecule has 3 heterocycles. The number of fused-ring (bicyclic) bond motifs is 2. The molecule has 0 bridgehead atoms. The van der Waals surface area contributed by atoms with Crippen molar-refractivity contribution < 1.29 is 46.0 Å². The highest BCUT2D eigenvalue weighted by atomic mass is 79.9. The Bertz CT molecular complexity index is 2120. The van der Waals surface area contributed by atoms with Gasteiger partial charge in [0, 0.05) is 14.5 Å². The fourth-order valence-electron chi connectivity index (χ4n) is 6.66. The fraction of sp³-hybridized carbons (Fsp3) is 0.488. The maximum Gasteiger partial charge on any atom is 0.495 e. The van der Waals surface area contributed by atoms with Gasteiger partial charge in [0.2, 0.25) is 0 Å². The molecule has 322 valence electrons. The minimum atomic E-state index is -0.612. The van der Waals surface area contributed by atoms with Gasteiger partial charge in [-0.3, -0.25) is 10.1 Å². The third kappa shape index (κ3) is 10.2. The minimum absolute atomic E-state index is 0.167. The maximum atomic E-state index is 13.7. The van der Waals surface area contributed by atoms with E-state index in [4.69, 9.17) is 27.9 Å². The lowest BCUT2D eigenvalue weighted by Gasteiger charge is -2.32. The molecule has 3 aromatic rings. The van der Waals surface area contributed by atoms with Gasteiger partial charge in [-0.2, -0.15) is 0 Å². The van der Waals surface area contributed by atoms with Crippen LogP contribution in [0.5, 0.6) is 0 Å². The SMILES string of the molecule is CC1(C)OB(B2OC(C)(C)C(C)(C)O2)OC1(C)C.CC1(C)OB(c2cc(F)cc3c2C=CC3)OC1(C)C.Cc1c(Br)cc(F)cc1[N+](=O)[O-].Fc1cc(Br)c2c(c1)CC=C2. The summed E-state index contributed by atoms with van der Waals surface area (Å²) >= 11 is 6.33. The highest BCUT2D eigenvalue weighted by molar-refractivity contribution is 9.10. The molecule has 8 rings (SSSR count). The Hall–Kier alpha value is -2.76. The second-order valence-electron chi connectivity index (χ2n) is 18.4. The van der Waals surface area contributed by atoms with E-state index in [9.17, 15) is 23.3 Å². The predicted octanol–water partition coefficient (Wildman–Crippen LogP) is 10.9. The van der Waals surface area contributed by atoms with Crippen LogP contribution < -0.4 is 5.46 Å². The highest BCUT2D eigenvalue weighted by Gasteiger charge is 2.63. The quantitative estimate of drug-likeness (QED) is 0.145. The molecule has 9 nitrogen and oxygen atoms in total. The Morgan fingerprint density at radius 1 is 0.567 bits per heavy atom. The largest absolute Gasteiger partial charge is 0.495 e. The summed E-state index contributed by atoms with van der Waals surface area (Å²) in [6.07, 6.45) is 9.74. The molecule has 2 aliphatic carbocycles. The molecule has 0 spiro atoms. The van der Waals surface area contributed by atoms with Crippen LogP contribution in [0.4, 0.5) is 18.9 Å². The van der Waals surface area contributed by atoms with E-state index >= 15 is 0 Å². The number of rotatable bonds is 3. The molecule has 0 radical (unpaired) electrons. The van der Waals surface area contributed by atoms with Gasteiger partial charge in [-0.25, -0.2) is 13.2 Å². The number of allylic oxidation sites excluding steroid dienone is 2. The Kier molecular flexibility index (Phi) is 14.0. The second kappa shape index (κ2) is 17.4. The average molecular weight is 961 g/mol. The van der Waals surface area contributed by atoms with E-state index in [0.29, 0.717) is 10.0 Å². The number of nitro groups is 1. The first-order valence-corrected chi connectivity index (χ1v) is 21.4. The smallest absolute Gasteiger partial charge is 0.405 e. The van der Waals surface area contributed by atoms with E-state index in [2.05, 4.69) is 31.9 Å². The first-order chi connectivity index (χ1) is 27.5. The second-order valence-corrected chi connectivity index (χ2v) is 20.1. The molecule has 17 heteroatoms. The normalized spacial score (nSPS) is 21.3. The number of nitrogens with zero attached hydrogens (tertiary/aromatic N) is 1. The molecule has 60 heavy (non-hydrogen) atoms. The molecule has 3 saturated heterocycles. The van der Waals surface area contributed by atoms with Crippen molar-refractivity contribution in [1.82, 2.24) is 0 Å². The van der Waals surface area contributed by atoms with Crippen LogP contribution in [0.1, 0.15) is 111 Å². The molecule has 0 unspecified atom stereocenters. The molecule has 5 aliphatic rings. The zero-order chi connectivity index (χ0) is 45.0. The first kappa shape index (κ1) is 48.3. The lowest BCUT2D eigenvalue weighted by molar-refractivity contribution is -0.385. The van der Waals surface area contributed by atoms with Crippen molar-refractivity contribution in [2.24, 2.45) is 0 Å². The summed E-state index contributed by atoms with van der Waals surface area (Å²) < 4.78 is 76.2. The van der Waals surface area contributed by atoms with Gasteiger partial charge < -0.3 is 27.9 Å². The summed E-state index contributed by atoms with van der Waals surface area (Å²) in [5.41, 5.74) is 3.00. The maximum absolute atomic E-state index is 13.7. The highest BCUT2D eigenvalue weighted by Crippen LogP contribution is 2.43. The van der Waals surface area contributed by atoms with Crippen molar-refractivity contribution in [2.45, 2.75) is 136 Å². The summed E-state index contributed by atoms with van der Waals surface area (Å²) in [5.74, 6) is -1.01. The standard InChI is InChI=1S/C15H18BFO2.C12H24B2O4.C9H6BrF.C7H5BrFNO2/c1-14(2)15(3,4)19-16(18-14)13-9-11(17)8-10-6-5-7-12(10)13;1-9(2)10(3,4)16-13(15-9)14-17-11(5,6)12(7,8)18-14;10-9-5-7(11)4-6-2-1-3-8(6)9;1-4-6(8)2-5(9)3-7(4)10(11)12/h5,7-9H,6H2,1-4H3;1-8H3;1,3-5H,2H2;2-3H,1H3. The van der Waals surface area contributed by atoms with Crippen LogP contribution in [0.25, 0.3) is 12.2 Å². The van der Waals surface area contributed by atoms with Gasteiger partial charge in [0.15, 0.2) is 0 Å². The van der Waals surface area contributed by atoms with Crippen molar-refractivity contribution in [3.05, 3.63) is 113 Å². The Morgan fingerprint density at radius 2 is 0.933 bits per heavy atom. The van der Waals surface area contributed by atoms with Gasteiger partial charge in [0.25, 0.3) is 5.69 Å². The van der Waals surface area contributed by atoms with Crippen LogP contribution in [0, 0.1) is 34.5 Å². The van der Waals surface area contributed by atoms with Gasteiger partial charge in [-0.05, 0) is 161 Å². The van der Waals surface area contributed by atoms with Crippen LogP contribution in [0.3, 0.4) is 0 Å². The van der Waals surface area contributed by atoms with E-state index < -0.39 is 43.1 Å². The van der Waals surface area contributed by atoms with Crippen LogP contribution in [0.15, 0.2) is 57.5 Å². The molecular formula is C43H53B3Br2F3NO8. The molecule has 0 saturated carbocycles. The number of hydrogen-bond donors (Lipinski definition) is 0. The van der Waals surface area contributed by atoms with E-state index in [0.717, 1.165) is 51.1 Å². The van der Waals surface area contributed by atoms with Crippen LogP contribution in [-0.4, -0.2) is 59.7 Å². The predicted molar refractivity (Wildman–Crippen MR) is 239 cm³/mol. The molecule has 0 amide bonds. The lowest BCUT2D eigenvalue weighted by Crippen LogP contribution is -2.41. The number of nitro benzene ring substituents is 1. The number of hydrogen-bond acceptors (Lipinski definition) is 8. The van der Waals surface area contributed by atoms with Gasteiger partial charge in [-0.1, -0.05) is 56.2 Å². The minimum Gasteiger partial charge on any atom is -0.405 e. The number of halogens is 5. The van der Waals surface area contributed by atoms with E-state index in [1.165, 1.54) is 18.2 Å². The summed E-state index contributed by atoms with van der Waals surface area (Å²) in [4.78, 5) is 9.74. The molecule has 0 N–H and O–H groups in total. The zero-order valence-electron chi connectivity index (χ0n) is 36.5. The molecule has 3 aliphatic heterocycles. The summed E-state index contributed by atoms with van der Waals surface area (Å²) in [6, 6.07) is 8.29. The molecule has 0 atom stereocenters. The van der Waals surface area contributed by atoms with Gasteiger partial charge in [0.1, 0.15) is 17.5 Å². The summed E-state index contributed by atoms with van der Waals surface area (Å²) in [7, 11) is -1.45. The molecular weight excluding hydrogens is 908 g/mol. The van der Waals surface area contributed by atoms with Crippen molar-refractivity contribution in [2.75, 3.05) is 0 Å². The van der Waals surface area contributed by atoms with E-state index in [1.807, 2.05) is 107 Å². The summed E-state index contributed by atoms with van der Waals surface area (Å²) in [6.45, 7) is 25.8. The molecule has 0 aromatic heterocycles. The van der Waals surface area contributed by atoms with Crippen molar-refractivity contribution >= 4 is 76.3 Å². The molecule has 3 fully saturated rings. The van der Waals surface area contributed by atoms with Gasteiger partial charge in [-0.15, -0.1) is 0 Å². The molecule has 3 aromatic carbocycles. The Morgan fingerprint density at radius 3 is 1.38 bits per heavy atom. The van der Waals surface area contributed by atoms with Crippen LogP contribution in [-0.2, 0) is 40.8 Å². The Balaban J connectivity index is 0.000000156. The third-order valence-corrected chi connectivity index (χ3v) is 13.9.